The Morgan fingerprint density at radius 3 is 3.00 bits per heavy atom. The molecular weight excluding hydrogens is 246 g/mol. The molecule has 2 aromatic rings. The number of H-pyrrole nitrogens is 1. The zero-order chi connectivity index (χ0) is 13.1. The van der Waals surface area contributed by atoms with E-state index in [1.807, 2.05) is 13.0 Å². The first-order chi connectivity index (χ1) is 8.60. The van der Waals surface area contributed by atoms with Crippen LogP contribution in [0, 0.1) is 6.92 Å². The van der Waals surface area contributed by atoms with E-state index in [0.717, 1.165) is 23.3 Å². The number of rotatable bonds is 4. The van der Waals surface area contributed by atoms with Crippen molar-refractivity contribution in [2.24, 2.45) is 0 Å². The average molecular weight is 263 g/mol. The predicted octanol–water partition coefficient (Wildman–Crippen LogP) is 1.80. The van der Waals surface area contributed by atoms with Crippen molar-refractivity contribution in [3.8, 4) is 0 Å². The minimum absolute atomic E-state index is 0.0526. The summed E-state index contributed by atoms with van der Waals surface area (Å²) in [6.45, 7) is 2.65. The quantitative estimate of drug-likeness (QED) is 0.826. The highest BCUT2D eigenvalue weighted by Gasteiger charge is 2.07. The number of hydrogen-bond donors (Lipinski definition) is 2. The molecule has 0 radical (unpaired) electrons. The van der Waals surface area contributed by atoms with Crippen molar-refractivity contribution in [1.29, 1.82) is 0 Å². The topological polar surface area (TPSA) is 49.0 Å². The second kappa shape index (κ2) is 5.44. The molecule has 1 aromatic heterocycles. The predicted molar refractivity (Wildman–Crippen MR) is 76.0 cm³/mol. The number of likely N-dealkylation sites (N-methyl/N-ethyl adjacent to an activating group) is 1. The molecule has 0 aliphatic heterocycles. The minimum Gasteiger partial charge on any atom is -0.345 e. The lowest BCUT2D eigenvalue weighted by Gasteiger charge is -2.15. The van der Waals surface area contributed by atoms with Gasteiger partial charge in [0.05, 0.1) is 16.8 Å². The van der Waals surface area contributed by atoms with Gasteiger partial charge in [0.1, 0.15) is 5.82 Å². The number of hydrogen-bond acceptors (Lipinski definition) is 3. The van der Waals surface area contributed by atoms with Gasteiger partial charge in [0.2, 0.25) is 5.91 Å². The summed E-state index contributed by atoms with van der Waals surface area (Å²) in [5.74, 6) is 1.23. The number of carbonyl (C=O) groups excluding carboxylic acids is 1. The molecule has 18 heavy (non-hydrogen) atoms. The van der Waals surface area contributed by atoms with Crippen molar-refractivity contribution < 1.29 is 4.79 Å². The number of aryl methyl sites for hydroxylation is 1. The molecule has 0 saturated heterocycles. The SMILES string of the molecule is Cc1nc2ccc(CCN(C)C(=O)CS)cc2[nH]1. The van der Waals surface area contributed by atoms with E-state index >= 15 is 0 Å². The lowest BCUT2D eigenvalue weighted by atomic mass is 10.1. The molecule has 1 aromatic carbocycles. The Labute approximate surface area is 112 Å². The molecular formula is C13H17N3OS. The van der Waals surface area contributed by atoms with Gasteiger partial charge in [-0.1, -0.05) is 6.07 Å². The average Bonchev–Trinajstić information content (AvgIpc) is 2.74. The summed E-state index contributed by atoms with van der Waals surface area (Å²) in [5.41, 5.74) is 3.23. The first-order valence-electron chi connectivity index (χ1n) is 5.90. The summed E-state index contributed by atoms with van der Waals surface area (Å²) < 4.78 is 0. The van der Waals surface area contributed by atoms with Crippen LogP contribution < -0.4 is 0 Å². The Bertz CT molecular complexity index is 564. The van der Waals surface area contributed by atoms with Gasteiger partial charge in [-0.15, -0.1) is 0 Å². The summed E-state index contributed by atoms with van der Waals surface area (Å²) in [4.78, 5) is 20.7. The molecule has 0 unspecified atom stereocenters. The summed E-state index contributed by atoms with van der Waals surface area (Å²) >= 11 is 3.98. The van der Waals surface area contributed by atoms with E-state index in [9.17, 15) is 4.79 Å². The number of benzene rings is 1. The molecule has 1 N–H and O–H groups in total. The molecule has 0 aliphatic rings. The van der Waals surface area contributed by atoms with Crippen molar-refractivity contribution in [2.75, 3.05) is 19.3 Å². The lowest BCUT2D eigenvalue weighted by Crippen LogP contribution is -2.29. The van der Waals surface area contributed by atoms with E-state index in [2.05, 4.69) is 34.7 Å². The lowest BCUT2D eigenvalue weighted by molar-refractivity contribution is -0.127. The molecule has 0 bridgehead atoms. The van der Waals surface area contributed by atoms with E-state index in [1.54, 1.807) is 11.9 Å². The number of aromatic amines is 1. The summed E-state index contributed by atoms with van der Waals surface area (Å²) in [6.07, 6.45) is 0.837. The van der Waals surface area contributed by atoms with Gasteiger partial charge in [-0.05, 0) is 31.0 Å². The molecule has 96 valence electrons. The first-order valence-corrected chi connectivity index (χ1v) is 6.53. The molecule has 1 heterocycles. The summed E-state index contributed by atoms with van der Waals surface area (Å²) in [5, 5.41) is 0. The fourth-order valence-corrected chi connectivity index (χ4v) is 2.12. The molecule has 2 rings (SSSR count). The Morgan fingerprint density at radius 1 is 1.50 bits per heavy atom. The smallest absolute Gasteiger partial charge is 0.232 e. The van der Waals surface area contributed by atoms with Crippen molar-refractivity contribution >= 4 is 29.6 Å². The fraction of sp³-hybridized carbons (Fsp3) is 0.385. The fourth-order valence-electron chi connectivity index (χ4n) is 1.88. The maximum Gasteiger partial charge on any atom is 0.232 e. The number of amides is 1. The van der Waals surface area contributed by atoms with Crippen LogP contribution in [0.1, 0.15) is 11.4 Å². The first kappa shape index (κ1) is 13.0. The van der Waals surface area contributed by atoms with E-state index in [0.29, 0.717) is 6.54 Å². The van der Waals surface area contributed by atoms with Crippen molar-refractivity contribution in [3.63, 3.8) is 0 Å². The van der Waals surface area contributed by atoms with Gasteiger partial charge < -0.3 is 9.88 Å². The van der Waals surface area contributed by atoms with Gasteiger partial charge in [-0.3, -0.25) is 4.79 Å². The van der Waals surface area contributed by atoms with Crippen molar-refractivity contribution in [2.45, 2.75) is 13.3 Å². The Morgan fingerprint density at radius 2 is 2.28 bits per heavy atom. The molecule has 0 fully saturated rings. The van der Waals surface area contributed by atoms with Crippen LogP contribution >= 0.6 is 12.6 Å². The van der Waals surface area contributed by atoms with E-state index in [1.165, 1.54) is 5.56 Å². The monoisotopic (exact) mass is 263 g/mol. The zero-order valence-electron chi connectivity index (χ0n) is 10.6. The van der Waals surface area contributed by atoms with E-state index in [-0.39, 0.29) is 11.7 Å². The Kier molecular flexibility index (Phi) is 3.91. The Hall–Kier alpha value is -1.49. The van der Waals surface area contributed by atoms with E-state index < -0.39 is 0 Å². The molecule has 4 nitrogen and oxygen atoms in total. The highest BCUT2D eigenvalue weighted by atomic mass is 32.1. The largest absolute Gasteiger partial charge is 0.345 e. The molecule has 0 atom stereocenters. The third-order valence-electron chi connectivity index (χ3n) is 2.96. The Balaban J connectivity index is 2.05. The summed E-state index contributed by atoms with van der Waals surface area (Å²) in [7, 11) is 1.80. The van der Waals surface area contributed by atoms with Crippen LogP contribution in [0.3, 0.4) is 0 Å². The molecule has 0 aliphatic carbocycles. The van der Waals surface area contributed by atoms with Gasteiger partial charge in [0.25, 0.3) is 0 Å². The van der Waals surface area contributed by atoms with Crippen LogP contribution in [0.2, 0.25) is 0 Å². The van der Waals surface area contributed by atoms with Crippen LogP contribution in [0.4, 0.5) is 0 Å². The minimum atomic E-state index is 0.0526. The van der Waals surface area contributed by atoms with Crippen molar-refractivity contribution in [3.05, 3.63) is 29.6 Å². The summed E-state index contributed by atoms with van der Waals surface area (Å²) in [6, 6.07) is 6.16. The highest BCUT2D eigenvalue weighted by molar-refractivity contribution is 7.81. The number of aromatic nitrogens is 2. The number of thiol groups is 1. The third-order valence-corrected chi connectivity index (χ3v) is 3.23. The number of imidazole rings is 1. The molecule has 0 spiro atoms. The van der Waals surface area contributed by atoms with Gasteiger partial charge in [-0.25, -0.2) is 4.98 Å². The van der Waals surface area contributed by atoms with Crippen LogP contribution in [-0.4, -0.2) is 40.1 Å². The second-order valence-corrected chi connectivity index (χ2v) is 4.71. The second-order valence-electron chi connectivity index (χ2n) is 4.40. The van der Waals surface area contributed by atoms with Crippen LogP contribution in [0.5, 0.6) is 0 Å². The molecule has 5 heteroatoms. The molecule has 0 saturated carbocycles. The number of nitrogens with zero attached hydrogens (tertiary/aromatic N) is 2. The van der Waals surface area contributed by atoms with Gasteiger partial charge >= 0.3 is 0 Å². The molecule has 1 amide bonds. The highest BCUT2D eigenvalue weighted by Crippen LogP contribution is 2.14. The number of fused-ring (bicyclic) bond motifs is 1. The maximum absolute atomic E-state index is 11.4. The van der Waals surface area contributed by atoms with Crippen LogP contribution in [-0.2, 0) is 11.2 Å². The van der Waals surface area contributed by atoms with Gasteiger partial charge in [-0.2, -0.15) is 12.6 Å². The standard InChI is InChI=1S/C13H17N3OS/c1-9-14-11-4-3-10(7-12(11)15-9)5-6-16(2)13(17)8-18/h3-4,7,18H,5-6,8H2,1-2H3,(H,14,15). The van der Waals surface area contributed by atoms with E-state index in [4.69, 9.17) is 0 Å². The van der Waals surface area contributed by atoms with Crippen LogP contribution in [0.15, 0.2) is 18.2 Å². The van der Waals surface area contributed by atoms with Crippen molar-refractivity contribution in [1.82, 2.24) is 14.9 Å². The van der Waals surface area contributed by atoms with Crippen LogP contribution in [0.25, 0.3) is 11.0 Å². The van der Waals surface area contributed by atoms with Gasteiger partial charge in [0.15, 0.2) is 0 Å². The maximum atomic E-state index is 11.4. The zero-order valence-corrected chi connectivity index (χ0v) is 11.5. The third kappa shape index (κ3) is 2.85. The number of nitrogens with one attached hydrogen (secondary N) is 1. The normalized spacial score (nSPS) is 10.8. The van der Waals surface area contributed by atoms with Gasteiger partial charge in [0, 0.05) is 13.6 Å². The number of carbonyl (C=O) groups is 1.